The molecule has 5 heteroatoms. The molecule has 0 aliphatic carbocycles. The molecule has 0 radical (unpaired) electrons. The fraction of sp³-hybridized carbons (Fsp3) is 0.500. The van der Waals surface area contributed by atoms with E-state index in [2.05, 4.69) is 24.1 Å². The first-order chi connectivity index (χ1) is 10.0. The van der Waals surface area contributed by atoms with Gasteiger partial charge in [-0.1, -0.05) is 13.8 Å². The second kappa shape index (κ2) is 5.64. The van der Waals surface area contributed by atoms with E-state index in [1.54, 1.807) is 11.3 Å². The van der Waals surface area contributed by atoms with E-state index in [0.29, 0.717) is 11.8 Å². The van der Waals surface area contributed by atoms with Gasteiger partial charge in [0, 0.05) is 18.8 Å². The van der Waals surface area contributed by atoms with E-state index in [4.69, 9.17) is 0 Å². The number of anilines is 1. The molecule has 112 valence electrons. The number of benzene rings is 1. The van der Waals surface area contributed by atoms with Crippen LogP contribution in [0.3, 0.4) is 0 Å². The first-order valence-corrected chi connectivity index (χ1v) is 8.26. The van der Waals surface area contributed by atoms with Crippen molar-refractivity contribution in [2.24, 2.45) is 11.8 Å². The summed E-state index contributed by atoms with van der Waals surface area (Å²) in [6, 6.07) is 5.91. The van der Waals surface area contributed by atoms with Crippen LogP contribution in [0.1, 0.15) is 25.3 Å². The van der Waals surface area contributed by atoms with Gasteiger partial charge < -0.3 is 10.2 Å². The van der Waals surface area contributed by atoms with Gasteiger partial charge in [-0.15, -0.1) is 11.3 Å². The Morgan fingerprint density at radius 1 is 1.33 bits per heavy atom. The van der Waals surface area contributed by atoms with Crippen LogP contribution >= 0.6 is 11.3 Å². The van der Waals surface area contributed by atoms with E-state index in [-0.39, 0.29) is 6.03 Å². The molecule has 4 nitrogen and oxygen atoms in total. The molecule has 2 amide bonds. The average molecular weight is 303 g/mol. The highest BCUT2D eigenvalue weighted by Gasteiger charge is 2.25. The number of hydrogen-bond acceptors (Lipinski definition) is 3. The summed E-state index contributed by atoms with van der Waals surface area (Å²) in [7, 11) is 0. The zero-order valence-electron chi connectivity index (χ0n) is 12.7. The third kappa shape index (κ3) is 3.18. The normalized spacial score (nSPS) is 22.5. The van der Waals surface area contributed by atoms with Gasteiger partial charge in [0.2, 0.25) is 0 Å². The fourth-order valence-corrected chi connectivity index (χ4v) is 4.02. The molecule has 2 atom stereocenters. The van der Waals surface area contributed by atoms with E-state index in [1.807, 2.05) is 30.0 Å². The minimum Gasteiger partial charge on any atom is -0.324 e. The molecule has 0 spiro atoms. The lowest BCUT2D eigenvalue weighted by Gasteiger charge is -2.34. The quantitative estimate of drug-likeness (QED) is 0.861. The Morgan fingerprint density at radius 3 is 2.76 bits per heavy atom. The molecule has 1 aliphatic rings. The summed E-state index contributed by atoms with van der Waals surface area (Å²) in [5.74, 6) is 1.15. The maximum absolute atomic E-state index is 12.4. The number of piperidine rings is 1. The zero-order chi connectivity index (χ0) is 15.0. The van der Waals surface area contributed by atoms with Crippen molar-refractivity contribution in [3.8, 4) is 0 Å². The monoisotopic (exact) mass is 303 g/mol. The number of carbonyl (C=O) groups excluding carboxylic acids is 1. The van der Waals surface area contributed by atoms with Crippen molar-refractivity contribution in [3.05, 3.63) is 23.2 Å². The maximum atomic E-state index is 12.4. The SMILES string of the molecule is Cc1nc2ccc(NC(=O)N3C[C@H](C)C[C@H](C)C3)cc2s1. The van der Waals surface area contributed by atoms with E-state index < -0.39 is 0 Å². The van der Waals surface area contributed by atoms with Crippen LogP contribution in [0, 0.1) is 18.8 Å². The molecule has 1 fully saturated rings. The molecule has 0 saturated carbocycles. The van der Waals surface area contributed by atoms with Crippen molar-refractivity contribution < 1.29 is 4.79 Å². The highest BCUT2D eigenvalue weighted by molar-refractivity contribution is 7.18. The van der Waals surface area contributed by atoms with Gasteiger partial charge >= 0.3 is 6.03 Å². The molecule has 1 aliphatic heterocycles. The van der Waals surface area contributed by atoms with Crippen LogP contribution in [0.15, 0.2) is 18.2 Å². The molecule has 2 aromatic rings. The largest absolute Gasteiger partial charge is 0.324 e. The van der Waals surface area contributed by atoms with Crippen molar-refractivity contribution in [2.45, 2.75) is 27.2 Å². The predicted octanol–water partition coefficient (Wildman–Crippen LogP) is 4.11. The van der Waals surface area contributed by atoms with Gasteiger partial charge in [-0.3, -0.25) is 0 Å². The lowest BCUT2D eigenvalue weighted by atomic mass is 9.92. The number of likely N-dealkylation sites (tertiary alicyclic amines) is 1. The van der Waals surface area contributed by atoms with Crippen LogP contribution in [0.25, 0.3) is 10.2 Å². The van der Waals surface area contributed by atoms with Crippen molar-refractivity contribution in [1.82, 2.24) is 9.88 Å². The van der Waals surface area contributed by atoms with Gasteiger partial charge in [-0.05, 0) is 43.4 Å². The number of aryl methyl sites for hydroxylation is 1. The number of urea groups is 1. The molecule has 2 heterocycles. The van der Waals surface area contributed by atoms with Gasteiger partial charge in [-0.2, -0.15) is 0 Å². The summed E-state index contributed by atoms with van der Waals surface area (Å²) in [5, 5.41) is 4.07. The topological polar surface area (TPSA) is 45.2 Å². The van der Waals surface area contributed by atoms with E-state index >= 15 is 0 Å². The van der Waals surface area contributed by atoms with Gasteiger partial charge in [-0.25, -0.2) is 9.78 Å². The molecule has 0 unspecified atom stereocenters. The molecule has 1 N–H and O–H groups in total. The smallest absolute Gasteiger partial charge is 0.321 e. The number of aromatic nitrogens is 1. The van der Waals surface area contributed by atoms with E-state index in [9.17, 15) is 4.79 Å². The second-order valence-electron chi connectivity index (χ2n) is 6.20. The lowest BCUT2D eigenvalue weighted by molar-refractivity contribution is 0.156. The van der Waals surface area contributed by atoms with Crippen molar-refractivity contribution in [1.29, 1.82) is 0 Å². The predicted molar refractivity (Wildman–Crippen MR) is 87.9 cm³/mol. The van der Waals surface area contributed by atoms with Crippen molar-refractivity contribution in [3.63, 3.8) is 0 Å². The molecule has 3 rings (SSSR count). The maximum Gasteiger partial charge on any atom is 0.321 e. The third-order valence-corrected chi connectivity index (χ3v) is 4.84. The highest BCUT2D eigenvalue weighted by atomic mass is 32.1. The van der Waals surface area contributed by atoms with E-state index in [1.165, 1.54) is 6.42 Å². The molecule has 21 heavy (non-hydrogen) atoms. The summed E-state index contributed by atoms with van der Waals surface area (Å²) < 4.78 is 1.12. The van der Waals surface area contributed by atoms with Crippen LogP contribution in [0.2, 0.25) is 0 Å². The van der Waals surface area contributed by atoms with Crippen molar-refractivity contribution in [2.75, 3.05) is 18.4 Å². The Morgan fingerprint density at radius 2 is 2.05 bits per heavy atom. The van der Waals surface area contributed by atoms with Gasteiger partial charge in [0.25, 0.3) is 0 Å². The lowest BCUT2D eigenvalue weighted by Crippen LogP contribution is -2.44. The standard InChI is InChI=1S/C16H21N3OS/c1-10-6-11(2)9-19(8-10)16(20)18-13-4-5-14-15(7-13)21-12(3)17-14/h4-5,7,10-11H,6,8-9H2,1-3H3,(H,18,20)/t10-,11+. The molecule has 1 aromatic carbocycles. The zero-order valence-corrected chi connectivity index (χ0v) is 13.5. The van der Waals surface area contributed by atoms with Crippen LogP contribution in [-0.2, 0) is 0 Å². The van der Waals surface area contributed by atoms with Crippen LogP contribution < -0.4 is 5.32 Å². The fourth-order valence-electron chi connectivity index (χ4n) is 3.15. The molecule has 1 aromatic heterocycles. The van der Waals surface area contributed by atoms with Crippen LogP contribution in [0.5, 0.6) is 0 Å². The van der Waals surface area contributed by atoms with Crippen LogP contribution in [-0.4, -0.2) is 29.0 Å². The summed E-state index contributed by atoms with van der Waals surface area (Å²) in [5.41, 5.74) is 1.85. The number of nitrogens with zero attached hydrogens (tertiary/aromatic N) is 2. The molecular formula is C16H21N3OS. The molecule has 1 saturated heterocycles. The Labute approximate surface area is 129 Å². The summed E-state index contributed by atoms with van der Waals surface area (Å²) in [6.45, 7) is 8.11. The van der Waals surface area contributed by atoms with Gasteiger partial charge in [0.1, 0.15) is 0 Å². The minimum atomic E-state index is 0.00832. The van der Waals surface area contributed by atoms with E-state index in [0.717, 1.165) is 34.0 Å². The van der Waals surface area contributed by atoms with Crippen molar-refractivity contribution >= 4 is 33.3 Å². The number of amides is 2. The number of carbonyl (C=O) groups is 1. The van der Waals surface area contributed by atoms with Gasteiger partial charge in [0.05, 0.1) is 15.2 Å². The first-order valence-electron chi connectivity index (χ1n) is 7.44. The number of fused-ring (bicyclic) bond motifs is 1. The number of hydrogen-bond donors (Lipinski definition) is 1. The number of rotatable bonds is 1. The summed E-state index contributed by atoms with van der Waals surface area (Å²) in [4.78, 5) is 18.8. The third-order valence-electron chi connectivity index (χ3n) is 3.90. The highest BCUT2D eigenvalue weighted by Crippen LogP contribution is 2.26. The Hall–Kier alpha value is -1.62. The summed E-state index contributed by atoms with van der Waals surface area (Å²) >= 11 is 1.65. The minimum absolute atomic E-state index is 0.00832. The van der Waals surface area contributed by atoms with Gasteiger partial charge in [0.15, 0.2) is 0 Å². The average Bonchev–Trinajstić information content (AvgIpc) is 2.77. The first kappa shape index (κ1) is 14.3. The van der Waals surface area contributed by atoms with Crippen LogP contribution in [0.4, 0.5) is 10.5 Å². The number of thiazole rings is 1. The number of nitrogens with one attached hydrogen (secondary N) is 1. The molecular weight excluding hydrogens is 282 g/mol. The Balaban J connectivity index is 1.73. The second-order valence-corrected chi connectivity index (χ2v) is 7.43. The Bertz CT molecular complexity index is 657. The molecule has 0 bridgehead atoms. The summed E-state index contributed by atoms with van der Waals surface area (Å²) in [6.07, 6.45) is 1.20. The Kier molecular flexibility index (Phi) is 3.85.